The lowest BCUT2D eigenvalue weighted by molar-refractivity contribution is -0.384. The molecule has 20 heavy (non-hydrogen) atoms. The fourth-order valence-corrected chi connectivity index (χ4v) is 2.45. The van der Waals surface area contributed by atoms with E-state index in [0.29, 0.717) is 24.8 Å². The first-order valence-corrected chi connectivity index (χ1v) is 6.62. The van der Waals surface area contributed by atoms with E-state index in [1.165, 1.54) is 6.07 Å². The van der Waals surface area contributed by atoms with Gasteiger partial charge in [0.05, 0.1) is 16.7 Å². The van der Waals surface area contributed by atoms with Crippen LogP contribution in [0.25, 0.3) is 0 Å². The fraction of sp³-hybridized carbons (Fsp3) is 0.538. The number of nitrogen functional groups attached to an aromatic ring is 1. The maximum Gasteiger partial charge on any atom is 0.295 e. The van der Waals surface area contributed by atoms with Crippen molar-refractivity contribution < 1.29 is 9.31 Å². The Kier molecular flexibility index (Phi) is 4.08. The van der Waals surface area contributed by atoms with Crippen molar-refractivity contribution in [3.05, 3.63) is 28.1 Å². The monoisotopic (exact) mass is 282 g/mol. The lowest BCUT2D eigenvalue weighted by Crippen LogP contribution is -2.49. The number of nitro benzene ring substituents is 1. The van der Waals surface area contributed by atoms with Gasteiger partial charge in [-0.25, -0.2) is 4.39 Å². The van der Waals surface area contributed by atoms with E-state index in [4.69, 9.17) is 5.73 Å². The van der Waals surface area contributed by atoms with Crippen LogP contribution in [0.1, 0.15) is 13.8 Å². The molecule has 1 aliphatic rings. The molecule has 0 aliphatic carbocycles. The lowest BCUT2D eigenvalue weighted by atomic mass is 10.2. The zero-order chi connectivity index (χ0) is 14.9. The molecule has 0 bridgehead atoms. The highest BCUT2D eigenvalue weighted by atomic mass is 19.1. The van der Waals surface area contributed by atoms with Gasteiger partial charge in [-0.15, -0.1) is 0 Å². The smallest absolute Gasteiger partial charge is 0.295 e. The summed E-state index contributed by atoms with van der Waals surface area (Å²) in [6, 6.07) is 2.72. The molecule has 6 nitrogen and oxygen atoms in total. The van der Waals surface area contributed by atoms with Crippen LogP contribution in [0, 0.1) is 15.9 Å². The highest BCUT2D eigenvalue weighted by Crippen LogP contribution is 2.30. The third-order valence-electron chi connectivity index (χ3n) is 3.68. The number of nitro groups is 1. The Morgan fingerprint density at radius 1 is 1.30 bits per heavy atom. The molecule has 0 aromatic heterocycles. The van der Waals surface area contributed by atoms with E-state index >= 15 is 0 Å². The molecule has 1 aliphatic heterocycles. The number of nitrogens with two attached hydrogens (primary N) is 1. The average molecular weight is 282 g/mol. The fourth-order valence-electron chi connectivity index (χ4n) is 2.45. The van der Waals surface area contributed by atoms with Crippen molar-refractivity contribution in [1.82, 2.24) is 4.90 Å². The van der Waals surface area contributed by atoms with Gasteiger partial charge in [-0.1, -0.05) is 0 Å². The van der Waals surface area contributed by atoms with Gasteiger partial charge in [-0.05, 0) is 19.9 Å². The van der Waals surface area contributed by atoms with Crippen molar-refractivity contribution in [3.63, 3.8) is 0 Å². The number of rotatable bonds is 3. The molecule has 0 amide bonds. The molecule has 0 radical (unpaired) electrons. The molecular weight excluding hydrogens is 263 g/mol. The van der Waals surface area contributed by atoms with Gasteiger partial charge in [0.25, 0.3) is 5.69 Å². The van der Waals surface area contributed by atoms with E-state index in [0.717, 1.165) is 19.2 Å². The molecule has 0 atom stereocenters. The molecule has 110 valence electrons. The highest BCUT2D eigenvalue weighted by molar-refractivity contribution is 5.67. The summed E-state index contributed by atoms with van der Waals surface area (Å²) in [6.07, 6.45) is 0. The number of halogens is 1. The summed E-state index contributed by atoms with van der Waals surface area (Å²) in [5.41, 5.74) is 5.59. The summed E-state index contributed by atoms with van der Waals surface area (Å²) in [5.74, 6) is -0.594. The topological polar surface area (TPSA) is 75.6 Å². The Balaban J connectivity index is 2.18. The maximum atomic E-state index is 14.0. The predicted molar refractivity (Wildman–Crippen MR) is 76.4 cm³/mol. The van der Waals surface area contributed by atoms with E-state index in [-0.39, 0.29) is 11.4 Å². The molecule has 0 unspecified atom stereocenters. The van der Waals surface area contributed by atoms with Crippen molar-refractivity contribution in [3.8, 4) is 0 Å². The van der Waals surface area contributed by atoms with Crippen LogP contribution in [0.2, 0.25) is 0 Å². The third kappa shape index (κ3) is 2.82. The highest BCUT2D eigenvalue weighted by Gasteiger charge is 2.24. The average Bonchev–Trinajstić information content (AvgIpc) is 2.40. The first-order chi connectivity index (χ1) is 9.40. The number of anilines is 2. The summed E-state index contributed by atoms with van der Waals surface area (Å²) < 4.78 is 14.0. The van der Waals surface area contributed by atoms with Crippen LogP contribution in [-0.4, -0.2) is 42.0 Å². The van der Waals surface area contributed by atoms with Gasteiger partial charge in [0.2, 0.25) is 0 Å². The van der Waals surface area contributed by atoms with Crippen LogP contribution in [0.3, 0.4) is 0 Å². The second-order valence-electron chi connectivity index (χ2n) is 5.24. The summed E-state index contributed by atoms with van der Waals surface area (Å²) >= 11 is 0. The molecule has 1 saturated heterocycles. The van der Waals surface area contributed by atoms with E-state index in [1.807, 2.05) is 4.90 Å². The van der Waals surface area contributed by atoms with Crippen molar-refractivity contribution in [2.75, 3.05) is 36.8 Å². The Morgan fingerprint density at radius 3 is 2.40 bits per heavy atom. The van der Waals surface area contributed by atoms with Gasteiger partial charge in [0.15, 0.2) is 5.82 Å². The van der Waals surface area contributed by atoms with E-state index < -0.39 is 10.7 Å². The van der Waals surface area contributed by atoms with Crippen LogP contribution < -0.4 is 10.6 Å². The summed E-state index contributed by atoms with van der Waals surface area (Å²) in [5, 5.41) is 10.7. The molecule has 1 aromatic carbocycles. The van der Waals surface area contributed by atoms with Crippen molar-refractivity contribution in [1.29, 1.82) is 0 Å². The van der Waals surface area contributed by atoms with Gasteiger partial charge in [-0.3, -0.25) is 15.0 Å². The minimum absolute atomic E-state index is 0.00214. The molecule has 0 saturated carbocycles. The number of piperazine rings is 1. The first kappa shape index (κ1) is 14.5. The zero-order valence-electron chi connectivity index (χ0n) is 11.7. The number of hydrogen-bond donors (Lipinski definition) is 1. The molecule has 0 spiro atoms. The zero-order valence-corrected chi connectivity index (χ0v) is 11.7. The van der Waals surface area contributed by atoms with E-state index in [2.05, 4.69) is 18.7 Å². The maximum absolute atomic E-state index is 14.0. The molecule has 2 rings (SSSR count). The largest absolute Gasteiger partial charge is 0.393 e. The van der Waals surface area contributed by atoms with Gasteiger partial charge in [0.1, 0.15) is 5.69 Å². The molecular formula is C13H19FN4O2. The van der Waals surface area contributed by atoms with Crippen LogP contribution in [0.15, 0.2) is 12.1 Å². The number of nitrogens with zero attached hydrogens (tertiary/aromatic N) is 3. The Bertz CT molecular complexity index is 513. The van der Waals surface area contributed by atoms with E-state index in [9.17, 15) is 14.5 Å². The normalized spacial score (nSPS) is 16.7. The summed E-state index contributed by atoms with van der Waals surface area (Å²) in [7, 11) is 0. The quantitative estimate of drug-likeness (QED) is 0.520. The second kappa shape index (κ2) is 5.62. The third-order valence-corrected chi connectivity index (χ3v) is 3.68. The number of benzene rings is 1. The Hall–Kier alpha value is -1.89. The van der Waals surface area contributed by atoms with Gasteiger partial charge in [0, 0.05) is 32.2 Å². The van der Waals surface area contributed by atoms with Crippen LogP contribution in [-0.2, 0) is 0 Å². The molecule has 2 N–H and O–H groups in total. The van der Waals surface area contributed by atoms with Gasteiger partial charge in [-0.2, -0.15) is 0 Å². The van der Waals surface area contributed by atoms with Crippen LogP contribution in [0.4, 0.5) is 21.5 Å². The lowest BCUT2D eigenvalue weighted by Gasteiger charge is -2.38. The second-order valence-corrected chi connectivity index (χ2v) is 5.24. The molecule has 1 heterocycles. The minimum Gasteiger partial charge on any atom is -0.393 e. The summed E-state index contributed by atoms with van der Waals surface area (Å²) in [4.78, 5) is 14.2. The summed E-state index contributed by atoms with van der Waals surface area (Å²) in [6.45, 7) is 7.31. The molecule has 1 fully saturated rings. The van der Waals surface area contributed by atoms with Crippen LogP contribution >= 0.6 is 0 Å². The van der Waals surface area contributed by atoms with Gasteiger partial charge < -0.3 is 10.6 Å². The minimum atomic E-state index is -0.668. The van der Waals surface area contributed by atoms with Crippen LogP contribution in [0.5, 0.6) is 0 Å². The Labute approximate surface area is 117 Å². The Morgan fingerprint density at radius 2 is 1.90 bits per heavy atom. The molecule has 7 heteroatoms. The van der Waals surface area contributed by atoms with Crippen molar-refractivity contribution in [2.24, 2.45) is 0 Å². The standard InChI is InChI=1S/C13H19FN4O2/c1-9(2)16-3-5-17(6-4-16)12-8-11(15)13(18(19)20)7-10(12)14/h7-9H,3-6,15H2,1-2H3. The molecule has 1 aromatic rings. The number of hydrogen-bond acceptors (Lipinski definition) is 5. The van der Waals surface area contributed by atoms with Crippen molar-refractivity contribution in [2.45, 2.75) is 19.9 Å². The predicted octanol–water partition coefficient (Wildman–Crippen LogP) is 1.85. The first-order valence-electron chi connectivity index (χ1n) is 6.62. The van der Waals surface area contributed by atoms with Gasteiger partial charge >= 0.3 is 0 Å². The SMILES string of the molecule is CC(C)N1CCN(c2cc(N)c([N+](=O)[O-])cc2F)CC1. The van der Waals surface area contributed by atoms with Crippen molar-refractivity contribution >= 4 is 17.1 Å². The van der Waals surface area contributed by atoms with E-state index in [1.54, 1.807) is 0 Å².